The predicted molar refractivity (Wildman–Crippen MR) is 165 cm³/mol. The molecular weight excluding hydrogens is 614 g/mol. The molecule has 1 fully saturated rings. The molecule has 6 rings (SSSR count). The van der Waals surface area contributed by atoms with E-state index >= 15 is 0 Å². The summed E-state index contributed by atoms with van der Waals surface area (Å²) >= 11 is 0. The summed E-state index contributed by atoms with van der Waals surface area (Å²) < 4.78 is 64.7. The van der Waals surface area contributed by atoms with E-state index in [9.17, 15) is 27.6 Å². The van der Waals surface area contributed by atoms with Crippen molar-refractivity contribution in [1.29, 1.82) is 10.5 Å². The minimum absolute atomic E-state index is 0.104. The van der Waals surface area contributed by atoms with Crippen molar-refractivity contribution in [2.24, 2.45) is 7.05 Å². The van der Waals surface area contributed by atoms with Crippen molar-refractivity contribution < 1.29 is 27.1 Å². The smallest absolute Gasteiger partial charge is 0.384 e. The van der Waals surface area contributed by atoms with E-state index in [-0.39, 0.29) is 49.4 Å². The van der Waals surface area contributed by atoms with Gasteiger partial charge in [0.15, 0.2) is 5.82 Å². The molecule has 1 N–H and O–H groups in total. The van der Waals surface area contributed by atoms with Gasteiger partial charge in [0.1, 0.15) is 12.0 Å². The first kappa shape index (κ1) is 31.7. The molecule has 0 spiro atoms. The lowest BCUT2D eigenvalue weighted by Gasteiger charge is -2.33. The van der Waals surface area contributed by atoms with Gasteiger partial charge in [-0.2, -0.15) is 23.7 Å². The molecule has 0 bridgehead atoms. The van der Waals surface area contributed by atoms with E-state index in [1.54, 1.807) is 48.0 Å². The van der Waals surface area contributed by atoms with Gasteiger partial charge in [0, 0.05) is 36.1 Å². The summed E-state index contributed by atoms with van der Waals surface area (Å²) in [6.45, 7) is -0.544. The predicted octanol–water partition coefficient (Wildman–Crippen LogP) is 6.93. The maximum Gasteiger partial charge on any atom is 0.416 e. The van der Waals surface area contributed by atoms with Gasteiger partial charge in [-0.3, -0.25) is 4.79 Å². The minimum Gasteiger partial charge on any atom is -0.384 e. The van der Waals surface area contributed by atoms with Gasteiger partial charge in [0.2, 0.25) is 0 Å². The molecule has 4 aromatic rings. The molecule has 2 heterocycles. The van der Waals surface area contributed by atoms with Crippen LogP contribution in [0.2, 0.25) is 0 Å². The zero-order chi connectivity index (χ0) is 33.3. The fraction of sp³-hybridized carbons (Fsp3) is 0.324. The number of carbonyl (C=O) groups excluding carboxylic acids is 1. The van der Waals surface area contributed by atoms with Gasteiger partial charge in [0.05, 0.1) is 49.4 Å². The summed E-state index contributed by atoms with van der Waals surface area (Å²) in [6.07, 6.45) is -1.59. The summed E-state index contributed by atoms with van der Waals surface area (Å²) in [4.78, 5) is 15.1. The number of hydrogen-bond acceptors (Lipinski definition) is 7. The molecule has 1 amide bonds. The van der Waals surface area contributed by atoms with Crippen LogP contribution in [0.15, 0.2) is 54.9 Å². The van der Waals surface area contributed by atoms with Crippen LogP contribution >= 0.6 is 0 Å². The molecule has 0 atom stereocenters. The molecule has 1 aliphatic heterocycles. The van der Waals surface area contributed by atoms with Gasteiger partial charge < -0.3 is 19.5 Å². The quantitative estimate of drug-likeness (QED) is 0.147. The number of ether oxygens (including phenoxy) is 1. The van der Waals surface area contributed by atoms with E-state index in [1.165, 1.54) is 17.3 Å². The van der Waals surface area contributed by atoms with Crippen molar-refractivity contribution in [3.63, 3.8) is 0 Å². The van der Waals surface area contributed by atoms with Crippen LogP contribution in [0.1, 0.15) is 58.3 Å². The number of nitriles is 2. The number of fused-ring (bicyclic) bond motifs is 1. The van der Waals surface area contributed by atoms with Crippen molar-refractivity contribution in [2.75, 3.05) is 23.4 Å². The highest BCUT2D eigenvalue weighted by atomic mass is 19.4. The van der Waals surface area contributed by atoms with E-state index < -0.39 is 23.3 Å². The third-order valence-electron chi connectivity index (χ3n) is 8.49. The second kappa shape index (κ2) is 12.5. The van der Waals surface area contributed by atoms with Gasteiger partial charge in [-0.1, -0.05) is 0 Å². The lowest BCUT2D eigenvalue weighted by atomic mass is 9.83. The number of benzene rings is 3. The van der Waals surface area contributed by atoms with Crippen molar-refractivity contribution in [3.8, 4) is 34.7 Å². The summed E-state index contributed by atoms with van der Waals surface area (Å²) in [5.74, 6) is -0.119. The lowest BCUT2D eigenvalue weighted by molar-refractivity contribution is -0.138. The molecule has 0 unspecified atom stereocenters. The Hall–Kier alpha value is -5.27. The minimum atomic E-state index is -4.75. The Labute approximate surface area is 268 Å². The molecule has 9 nitrogen and oxygen atoms in total. The number of aryl methyl sites for hydroxylation is 1. The highest BCUT2D eigenvalue weighted by Crippen LogP contribution is 2.42. The standard InChI is InChI=1S/C34H29F4N7O2/c1-44-20-42-43-31(44)26-5-4-21(16-40)10-27(26)23-13-24(41-9-3-8-39)15-25(14-23)45-17-29-28(32(45)46)11-22(12-30(29)34(36,37)38)18-47-19-33(35)6-2-7-33/h4-5,10-15,20,41H,2-3,6-7,9,17-19H2,1H3. The average Bonchev–Trinajstić information content (AvgIpc) is 3.61. The molecule has 1 aliphatic carbocycles. The van der Waals surface area contributed by atoms with Gasteiger partial charge >= 0.3 is 6.18 Å². The normalized spacial score (nSPS) is 15.1. The zero-order valence-electron chi connectivity index (χ0n) is 25.4. The van der Waals surface area contributed by atoms with Gasteiger partial charge in [-0.25, -0.2) is 4.39 Å². The molecule has 47 heavy (non-hydrogen) atoms. The molecule has 1 aromatic heterocycles. The van der Waals surface area contributed by atoms with Crippen LogP contribution in [0.5, 0.6) is 0 Å². The van der Waals surface area contributed by atoms with Crippen molar-refractivity contribution in [3.05, 3.63) is 82.7 Å². The lowest BCUT2D eigenvalue weighted by Crippen LogP contribution is -2.36. The SMILES string of the molecule is Cn1cnnc1-c1ccc(C#N)cc1-c1cc(NCCC#N)cc(N2Cc3c(cc(COCC4(F)CCC4)cc3C(F)(F)F)C2=O)c1. The molecule has 3 aromatic carbocycles. The summed E-state index contributed by atoms with van der Waals surface area (Å²) in [6, 6.07) is 16.7. The number of hydrogen-bond donors (Lipinski definition) is 1. The van der Waals surface area contributed by atoms with E-state index in [1.807, 2.05) is 0 Å². The van der Waals surface area contributed by atoms with Crippen LogP contribution in [-0.2, 0) is 31.1 Å². The molecule has 13 heteroatoms. The summed E-state index contributed by atoms with van der Waals surface area (Å²) in [5.41, 5.74) is 0.427. The number of anilines is 2. The van der Waals surface area contributed by atoms with Crippen LogP contribution in [0.4, 0.5) is 28.9 Å². The van der Waals surface area contributed by atoms with E-state index in [0.29, 0.717) is 52.3 Å². The maximum absolute atomic E-state index is 14.4. The third-order valence-corrected chi connectivity index (χ3v) is 8.49. The number of nitrogens with one attached hydrogen (secondary N) is 1. The summed E-state index contributed by atoms with van der Waals surface area (Å²) in [7, 11) is 1.77. The highest BCUT2D eigenvalue weighted by Gasteiger charge is 2.41. The first-order valence-corrected chi connectivity index (χ1v) is 15.0. The fourth-order valence-electron chi connectivity index (χ4n) is 5.93. The van der Waals surface area contributed by atoms with Crippen LogP contribution < -0.4 is 10.2 Å². The van der Waals surface area contributed by atoms with Crippen LogP contribution in [0.3, 0.4) is 0 Å². The topological polar surface area (TPSA) is 120 Å². The second-order valence-electron chi connectivity index (χ2n) is 11.8. The Balaban J connectivity index is 1.41. The van der Waals surface area contributed by atoms with Crippen LogP contribution in [0.25, 0.3) is 22.5 Å². The van der Waals surface area contributed by atoms with Crippen LogP contribution in [-0.4, -0.2) is 39.5 Å². The Kier molecular flexibility index (Phi) is 8.43. The maximum atomic E-state index is 14.4. The summed E-state index contributed by atoms with van der Waals surface area (Å²) in [5, 5.41) is 30.1. The number of alkyl halides is 4. The zero-order valence-corrected chi connectivity index (χ0v) is 25.4. The highest BCUT2D eigenvalue weighted by molar-refractivity contribution is 6.11. The Morgan fingerprint density at radius 3 is 2.53 bits per heavy atom. The Bertz CT molecular complexity index is 1940. The van der Waals surface area contributed by atoms with E-state index in [2.05, 4.69) is 27.7 Å². The van der Waals surface area contributed by atoms with Gasteiger partial charge in [-0.15, -0.1) is 10.2 Å². The molecule has 2 aliphatic rings. The average molecular weight is 644 g/mol. The molecule has 0 radical (unpaired) electrons. The molecule has 0 saturated heterocycles. The second-order valence-corrected chi connectivity index (χ2v) is 11.8. The number of amides is 1. The Morgan fingerprint density at radius 2 is 1.87 bits per heavy atom. The number of aromatic nitrogens is 3. The Morgan fingerprint density at radius 1 is 1.06 bits per heavy atom. The monoisotopic (exact) mass is 643 g/mol. The molecular formula is C34H29F4N7O2. The van der Waals surface area contributed by atoms with Crippen molar-refractivity contribution in [1.82, 2.24) is 14.8 Å². The molecule has 1 saturated carbocycles. The largest absolute Gasteiger partial charge is 0.416 e. The number of nitrogens with zero attached hydrogens (tertiary/aromatic N) is 6. The number of carbonyl (C=O) groups is 1. The van der Waals surface area contributed by atoms with Crippen molar-refractivity contribution in [2.45, 2.75) is 50.7 Å². The number of rotatable bonds is 10. The van der Waals surface area contributed by atoms with Gasteiger partial charge in [0.25, 0.3) is 5.91 Å². The third kappa shape index (κ3) is 6.40. The number of halogens is 4. The first-order valence-electron chi connectivity index (χ1n) is 15.0. The fourth-order valence-corrected chi connectivity index (χ4v) is 5.93. The molecule has 240 valence electrons. The van der Waals surface area contributed by atoms with Crippen LogP contribution in [0, 0.1) is 22.7 Å². The van der Waals surface area contributed by atoms with Gasteiger partial charge in [-0.05, 0) is 90.0 Å². The van der Waals surface area contributed by atoms with E-state index in [4.69, 9.17) is 10.00 Å². The van der Waals surface area contributed by atoms with E-state index in [0.717, 1.165) is 12.5 Å². The first-order chi connectivity index (χ1) is 22.5. The van der Waals surface area contributed by atoms with Crippen molar-refractivity contribution >= 4 is 17.3 Å².